The molecule has 3 heteroatoms. The molecule has 6 aromatic carbocycles. The molecule has 8 aromatic rings. The Hall–Kier alpha value is -5.28. The lowest BCUT2D eigenvalue weighted by molar-refractivity contribution is 0.327. The highest BCUT2D eigenvalue weighted by atomic mass is 16.3. The summed E-state index contributed by atoms with van der Waals surface area (Å²) in [6.45, 7) is 0. The lowest BCUT2D eigenvalue weighted by Crippen LogP contribution is -2.32. The molecule has 0 aliphatic heterocycles. The van der Waals surface area contributed by atoms with Gasteiger partial charge in [0.25, 0.3) is 0 Å². The molecule has 0 radical (unpaired) electrons. The second-order valence-electron chi connectivity index (χ2n) is 13.7. The molecule has 2 saturated carbocycles. The number of hydrogen-bond acceptors (Lipinski definition) is 3. The van der Waals surface area contributed by atoms with Crippen molar-refractivity contribution in [2.75, 3.05) is 4.90 Å². The molecular weight excluding hydrogens is 562 g/mol. The fourth-order valence-electron chi connectivity index (χ4n) is 9.67. The summed E-state index contributed by atoms with van der Waals surface area (Å²) in [4.78, 5) is 2.39. The van der Waals surface area contributed by atoms with E-state index in [0.717, 1.165) is 61.2 Å². The number of rotatable bonds is 3. The molecule has 3 aliphatic rings. The van der Waals surface area contributed by atoms with Crippen LogP contribution in [0.25, 0.3) is 55.0 Å². The molecule has 3 aliphatic carbocycles. The summed E-state index contributed by atoms with van der Waals surface area (Å²) in [5, 5.41) is 4.57. The Morgan fingerprint density at radius 2 is 1.07 bits per heavy atom. The van der Waals surface area contributed by atoms with E-state index in [9.17, 15) is 0 Å². The molecule has 46 heavy (non-hydrogen) atoms. The van der Waals surface area contributed by atoms with Gasteiger partial charge in [-0.2, -0.15) is 0 Å². The Kier molecular flexibility index (Phi) is 4.84. The Balaban J connectivity index is 1.15. The maximum atomic E-state index is 6.41. The van der Waals surface area contributed by atoms with Crippen LogP contribution in [0.5, 0.6) is 0 Å². The van der Waals surface area contributed by atoms with Crippen LogP contribution in [-0.4, -0.2) is 0 Å². The van der Waals surface area contributed by atoms with Gasteiger partial charge in [0.15, 0.2) is 0 Å². The number of benzene rings is 6. The first-order chi connectivity index (χ1) is 22.7. The molecule has 3 nitrogen and oxygen atoms in total. The van der Waals surface area contributed by atoms with Gasteiger partial charge in [0.05, 0.1) is 0 Å². The number of para-hydroxylation sites is 2. The zero-order valence-electron chi connectivity index (χ0n) is 25.4. The van der Waals surface area contributed by atoms with Gasteiger partial charge >= 0.3 is 0 Å². The predicted octanol–water partition coefficient (Wildman–Crippen LogP) is 12.0. The minimum absolute atomic E-state index is 0.113. The van der Waals surface area contributed by atoms with E-state index in [0.29, 0.717) is 5.92 Å². The standard InChI is InChI=1S/C43H31NO2/c1-4-10-37-31(7-1)32-18-15-28(22-38(32)43(37)25-26-13-14-27(43)21-26)44(29-16-19-35-33-8-2-5-11-39(33)45-41(35)23-29)30-17-20-36-34-9-3-6-12-40(34)46-42(36)24-30/h1-12,15-20,22-24,26-27H,13-14,21,25H2. The van der Waals surface area contributed by atoms with Crippen LogP contribution in [0.2, 0.25) is 0 Å². The van der Waals surface area contributed by atoms with Crippen molar-refractivity contribution in [2.45, 2.75) is 31.1 Å². The second-order valence-corrected chi connectivity index (χ2v) is 13.7. The first-order valence-corrected chi connectivity index (χ1v) is 16.6. The summed E-state index contributed by atoms with van der Waals surface area (Å²) in [6.07, 6.45) is 5.33. The summed E-state index contributed by atoms with van der Waals surface area (Å²) in [5.41, 5.74) is 12.9. The number of furan rings is 2. The molecule has 2 heterocycles. The minimum atomic E-state index is 0.113. The molecule has 2 aromatic heterocycles. The first kappa shape index (κ1) is 25.0. The summed E-state index contributed by atoms with van der Waals surface area (Å²) in [7, 11) is 0. The highest BCUT2D eigenvalue weighted by molar-refractivity contribution is 6.08. The van der Waals surface area contributed by atoms with Crippen molar-refractivity contribution in [3.63, 3.8) is 0 Å². The fraction of sp³-hybridized carbons (Fsp3) is 0.163. The summed E-state index contributed by atoms with van der Waals surface area (Å²) < 4.78 is 12.8. The Bertz CT molecular complexity index is 2420. The van der Waals surface area contributed by atoms with Gasteiger partial charge < -0.3 is 13.7 Å². The maximum Gasteiger partial charge on any atom is 0.137 e. The largest absolute Gasteiger partial charge is 0.456 e. The van der Waals surface area contributed by atoms with Crippen molar-refractivity contribution >= 4 is 60.9 Å². The average Bonchev–Trinajstić information content (AvgIpc) is 3.92. The Labute approximate surface area is 266 Å². The minimum Gasteiger partial charge on any atom is -0.456 e. The highest BCUT2D eigenvalue weighted by Gasteiger charge is 2.56. The fourth-order valence-corrected chi connectivity index (χ4v) is 9.67. The maximum absolute atomic E-state index is 6.41. The molecule has 2 bridgehead atoms. The van der Waals surface area contributed by atoms with Gasteiger partial charge in [-0.25, -0.2) is 0 Å². The number of anilines is 3. The molecule has 1 spiro atoms. The molecular formula is C43H31NO2. The van der Waals surface area contributed by atoms with E-state index >= 15 is 0 Å². The van der Waals surface area contributed by atoms with Gasteiger partial charge in [0, 0.05) is 56.2 Å². The second kappa shape index (κ2) is 8.92. The quantitative estimate of drug-likeness (QED) is 0.204. The SMILES string of the molecule is c1ccc2c(c1)-c1ccc(N(c3ccc4c(c3)oc3ccccc34)c3ccc4c(c3)oc3ccccc34)cc1C21CC2CCC1C2. The lowest BCUT2D eigenvalue weighted by atomic mass is 9.67. The monoisotopic (exact) mass is 593 g/mol. The summed E-state index contributed by atoms with van der Waals surface area (Å²) in [5.74, 6) is 1.54. The van der Waals surface area contributed by atoms with E-state index in [1.807, 2.05) is 12.1 Å². The van der Waals surface area contributed by atoms with E-state index in [1.165, 1.54) is 48.1 Å². The number of fused-ring (bicyclic) bond motifs is 14. The molecule has 0 amide bonds. The van der Waals surface area contributed by atoms with Crippen molar-refractivity contribution in [1.82, 2.24) is 0 Å². The predicted molar refractivity (Wildman–Crippen MR) is 187 cm³/mol. The molecule has 3 atom stereocenters. The smallest absolute Gasteiger partial charge is 0.137 e. The van der Waals surface area contributed by atoms with Crippen LogP contribution < -0.4 is 4.90 Å². The van der Waals surface area contributed by atoms with Crippen LogP contribution in [0.15, 0.2) is 136 Å². The third-order valence-electron chi connectivity index (χ3n) is 11.5. The summed E-state index contributed by atoms with van der Waals surface area (Å²) in [6, 6.07) is 46.3. The van der Waals surface area contributed by atoms with Gasteiger partial charge in [0.1, 0.15) is 22.3 Å². The van der Waals surface area contributed by atoms with Crippen LogP contribution in [0.1, 0.15) is 36.8 Å². The van der Waals surface area contributed by atoms with Crippen molar-refractivity contribution in [2.24, 2.45) is 11.8 Å². The van der Waals surface area contributed by atoms with Crippen molar-refractivity contribution in [3.8, 4) is 11.1 Å². The highest BCUT2D eigenvalue weighted by Crippen LogP contribution is 2.66. The average molecular weight is 594 g/mol. The Morgan fingerprint density at radius 3 is 1.72 bits per heavy atom. The molecule has 0 saturated heterocycles. The number of hydrogen-bond donors (Lipinski definition) is 0. The van der Waals surface area contributed by atoms with Crippen LogP contribution in [0.4, 0.5) is 17.1 Å². The molecule has 11 rings (SSSR count). The molecule has 220 valence electrons. The van der Waals surface area contributed by atoms with Crippen molar-refractivity contribution in [1.29, 1.82) is 0 Å². The van der Waals surface area contributed by atoms with Crippen LogP contribution >= 0.6 is 0 Å². The van der Waals surface area contributed by atoms with Gasteiger partial charge in [-0.05, 0) is 102 Å². The zero-order chi connectivity index (χ0) is 30.0. The van der Waals surface area contributed by atoms with E-state index in [1.54, 1.807) is 5.56 Å². The van der Waals surface area contributed by atoms with Crippen molar-refractivity contribution < 1.29 is 8.83 Å². The topological polar surface area (TPSA) is 29.5 Å². The van der Waals surface area contributed by atoms with Crippen LogP contribution in [-0.2, 0) is 5.41 Å². The third-order valence-corrected chi connectivity index (χ3v) is 11.5. The van der Waals surface area contributed by atoms with Gasteiger partial charge in [0.2, 0.25) is 0 Å². The lowest BCUT2D eigenvalue weighted by Gasteiger charge is -2.37. The van der Waals surface area contributed by atoms with E-state index in [-0.39, 0.29) is 5.41 Å². The normalized spacial score (nSPS) is 21.2. The van der Waals surface area contributed by atoms with Gasteiger partial charge in [-0.15, -0.1) is 0 Å². The zero-order valence-corrected chi connectivity index (χ0v) is 25.4. The molecule has 0 N–H and O–H groups in total. The van der Waals surface area contributed by atoms with E-state index < -0.39 is 0 Å². The number of nitrogens with zero attached hydrogens (tertiary/aromatic N) is 1. The van der Waals surface area contributed by atoms with Gasteiger partial charge in [-0.3, -0.25) is 0 Å². The first-order valence-electron chi connectivity index (χ1n) is 16.6. The molecule has 2 fully saturated rings. The Morgan fingerprint density at radius 1 is 0.500 bits per heavy atom. The van der Waals surface area contributed by atoms with E-state index in [2.05, 4.69) is 120 Å². The van der Waals surface area contributed by atoms with Crippen LogP contribution in [0, 0.1) is 11.8 Å². The summed E-state index contributed by atoms with van der Waals surface area (Å²) >= 11 is 0. The van der Waals surface area contributed by atoms with Gasteiger partial charge in [-0.1, -0.05) is 73.2 Å². The van der Waals surface area contributed by atoms with Crippen molar-refractivity contribution in [3.05, 3.63) is 139 Å². The third kappa shape index (κ3) is 3.22. The molecule has 3 unspecified atom stereocenters. The van der Waals surface area contributed by atoms with E-state index in [4.69, 9.17) is 8.83 Å². The van der Waals surface area contributed by atoms with Crippen LogP contribution in [0.3, 0.4) is 0 Å².